The lowest BCUT2D eigenvalue weighted by Gasteiger charge is -2.36. The molecule has 0 radical (unpaired) electrons. The third-order valence-electron chi connectivity index (χ3n) is 5.21. The molecule has 6 heteroatoms. The van der Waals surface area contributed by atoms with E-state index >= 15 is 0 Å². The SMILES string of the molecule is CCC1(C(=O)O)CCCN1C(=O)N1CC(C)C(N(C)C)C1. The lowest BCUT2D eigenvalue weighted by atomic mass is 9.93. The molecule has 0 bridgehead atoms. The van der Waals surface area contributed by atoms with Gasteiger partial charge in [0.2, 0.25) is 0 Å². The Labute approximate surface area is 126 Å². The van der Waals surface area contributed by atoms with Gasteiger partial charge in [-0.05, 0) is 39.3 Å². The van der Waals surface area contributed by atoms with E-state index in [1.807, 2.05) is 25.9 Å². The third-order valence-corrected chi connectivity index (χ3v) is 5.21. The van der Waals surface area contributed by atoms with E-state index in [-0.39, 0.29) is 6.03 Å². The summed E-state index contributed by atoms with van der Waals surface area (Å²) in [4.78, 5) is 30.1. The molecule has 0 aromatic rings. The van der Waals surface area contributed by atoms with Gasteiger partial charge in [0.25, 0.3) is 0 Å². The zero-order valence-electron chi connectivity index (χ0n) is 13.5. The van der Waals surface area contributed by atoms with Crippen LogP contribution in [-0.4, -0.2) is 77.1 Å². The molecule has 21 heavy (non-hydrogen) atoms. The summed E-state index contributed by atoms with van der Waals surface area (Å²) in [6.45, 7) is 5.94. The Morgan fingerprint density at radius 1 is 1.33 bits per heavy atom. The Bertz CT molecular complexity index is 426. The van der Waals surface area contributed by atoms with Crippen LogP contribution < -0.4 is 0 Å². The van der Waals surface area contributed by atoms with Gasteiger partial charge in [0.1, 0.15) is 5.54 Å². The highest BCUT2D eigenvalue weighted by atomic mass is 16.4. The molecule has 3 atom stereocenters. The van der Waals surface area contributed by atoms with Crippen molar-refractivity contribution in [3.05, 3.63) is 0 Å². The first-order valence-corrected chi connectivity index (χ1v) is 7.80. The number of carboxylic acids is 1. The predicted molar refractivity (Wildman–Crippen MR) is 80.2 cm³/mol. The smallest absolute Gasteiger partial charge is 0.329 e. The molecule has 2 aliphatic heterocycles. The van der Waals surface area contributed by atoms with Crippen molar-refractivity contribution in [3.63, 3.8) is 0 Å². The van der Waals surface area contributed by atoms with Crippen LogP contribution in [0.3, 0.4) is 0 Å². The van der Waals surface area contributed by atoms with Gasteiger partial charge in [-0.15, -0.1) is 0 Å². The van der Waals surface area contributed by atoms with Crippen LogP contribution in [0.5, 0.6) is 0 Å². The molecular weight excluding hydrogens is 270 g/mol. The van der Waals surface area contributed by atoms with Gasteiger partial charge in [0.05, 0.1) is 0 Å². The summed E-state index contributed by atoms with van der Waals surface area (Å²) in [6, 6.07) is 0.241. The average molecular weight is 297 g/mol. The Kier molecular flexibility index (Phi) is 4.46. The normalized spacial score (nSPS) is 33.0. The first-order chi connectivity index (χ1) is 9.83. The summed E-state index contributed by atoms with van der Waals surface area (Å²) in [5, 5.41) is 9.60. The summed E-state index contributed by atoms with van der Waals surface area (Å²) < 4.78 is 0. The van der Waals surface area contributed by atoms with E-state index in [0.29, 0.717) is 44.4 Å². The molecule has 0 aromatic carbocycles. The van der Waals surface area contributed by atoms with Crippen molar-refractivity contribution in [2.24, 2.45) is 5.92 Å². The molecule has 0 saturated carbocycles. The number of likely N-dealkylation sites (tertiary alicyclic amines) is 2. The number of hydrogen-bond donors (Lipinski definition) is 1. The van der Waals surface area contributed by atoms with Crippen LogP contribution in [0.2, 0.25) is 0 Å². The van der Waals surface area contributed by atoms with Gasteiger partial charge in [0, 0.05) is 25.7 Å². The largest absolute Gasteiger partial charge is 0.479 e. The molecule has 0 aliphatic carbocycles. The second-order valence-electron chi connectivity index (χ2n) is 6.64. The van der Waals surface area contributed by atoms with E-state index < -0.39 is 11.5 Å². The fourth-order valence-corrected chi connectivity index (χ4v) is 3.85. The van der Waals surface area contributed by atoms with Crippen LogP contribution in [0, 0.1) is 5.92 Å². The molecule has 1 N–H and O–H groups in total. The van der Waals surface area contributed by atoms with Crippen LogP contribution in [0.4, 0.5) is 4.79 Å². The van der Waals surface area contributed by atoms with Gasteiger partial charge >= 0.3 is 12.0 Å². The molecule has 2 saturated heterocycles. The monoisotopic (exact) mass is 297 g/mol. The van der Waals surface area contributed by atoms with Crippen molar-refractivity contribution < 1.29 is 14.7 Å². The number of aliphatic carboxylic acids is 1. The number of carboxylic acid groups (broad SMARTS) is 1. The van der Waals surface area contributed by atoms with Gasteiger partial charge < -0.3 is 19.8 Å². The van der Waals surface area contributed by atoms with E-state index in [0.717, 1.165) is 6.42 Å². The maximum Gasteiger partial charge on any atom is 0.329 e. The van der Waals surface area contributed by atoms with Crippen molar-refractivity contribution in [2.45, 2.75) is 44.7 Å². The van der Waals surface area contributed by atoms with E-state index in [1.54, 1.807) is 4.90 Å². The molecule has 120 valence electrons. The van der Waals surface area contributed by atoms with Gasteiger partial charge in [-0.3, -0.25) is 0 Å². The van der Waals surface area contributed by atoms with E-state index in [2.05, 4.69) is 11.8 Å². The number of carbonyl (C=O) groups excluding carboxylic acids is 1. The molecule has 2 heterocycles. The fourth-order valence-electron chi connectivity index (χ4n) is 3.85. The number of hydrogen-bond acceptors (Lipinski definition) is 3. The zero-order chi connectivity index (χ0) is 15.8. The van der Waals surface area contributed by atoms with Gasteiger partial charge in [-0.1, -0.05) is 13.8 Å². The Morgan fingerprint density at radius 2 is 2.00 bits per heavy atom. The average Bonchev–Trinajstić information content (AvgIpc) is 3.01. The quantitative estimate of drug-likeness (QED) is 0.853. The lowest BCUT2D eigenvalue weighted by molar-refractivity contribution is -0.148. The molecule has 3 unspecified atom stereocenters. The molecule has 2 rings (SSSR count). The minimum absolute atomic E-state index is 0.104. The highest BCUT2D eigenvalue weighted by Gasteiger charge is 2.50. The number of likely N-dealkylation sites (N-methyl/N-ethyl adjacent to an activating group) is 1. The molecule has 2 fully saturated rings. The van der Waals surface area contributed by atoms with Crippen LogP contribution in [0.1, 0.15) is 33.1 Å². The number of nitrogens with zero attached hydrogens (tertiary/aromatic N) is 3. The van der Waals surface area contributed by atoms with Gasteiger partial charge in [-0.25, -0.2) is 9.59 Å². The minimum Gasteiger partial charge on any atom is -0.479 e. The fraction of sp³-hybridized carbons (Fsp3) is 0.867. The molecular formula is C15H27N3O3. The first-order valence-electron chi connectivity index (χ1n) is 7.80. The first kappa shape index (κ1) is 16.1. The van der Waals surface area contributed by atoms with Crippen molar-refractivity contribution >= 4 is 12.0 Å². The lowest BCUT2D eigenvalue weighted by Crippen LogP contribution is -2.56. The molecule has 0 spiro atoms. The Morgan fingerprint density at radius 3 is 2.48 bits per heavy atom. The van der Waals surface area contributed by atoms with Crippen molar-refractivity contribution in [1.82, 2.24) is 14.7 Å². The molecule has 0 aromatic heterocycles. The summed E-state index contributed by atoms with van der Waals surface area (Å²) in [6.07, 6.45) is 1.80. The summed E-state index contributed by atoms with van der Waals surface area (Å²) >= 11 is 0. The number of rotatable bonds is 3. The predicted octanol–water partition coefficient (Wildman–Crippen LogP) is 1.32. The summed E-state index contributed by atoms with van der Waals surface area (Å²) in [5.41, 5.74) is -1.00. The van der Waals surface area contributed by atoms with E-state index in [9.17, 15) is 14.7 Å². The van der Waals surface area contributed by atoms with Crippen molar-refractivity contribution in [3.8, 4) is 0 Å². The standard InChI is InChI=1S/C15H27N3O3/c1-5-15(13(19)20)7-6-8-18(15)14(21)17-9-11(2)12(10-17)16(3)4/h11-12H,5-10H2,1-4H3,(H,19,20). The van der Waals surface area contributed by atoms with E-state index in [1.165, 1.54) is 0 Å². The Balaban J connectivity index is 2.15. The van der Waals surface area contributed by atoms with Gasteiger partial charge in [-0.2, -0.15) is 0 Å². The van der Waals surface area contributed by atoms with Crippen LogP contribution >= 0.6 is 0 Å². The molecule has 6 nitrogen and oxygen atoms in total. The number of carbonyl (C=O) groups is 2. The summed E-state index contributed by atoms with van der Waals surface area (Å²) in [7, 11) is 4.05. The van der Waals surface area contributed by atoms with E-state index in [4.69, 9.17) is 0 Å². The molecule has 2 aliphatic rings. The number of urea groups is 1. The zero-order valence-corrected chi connectivity index (χ0v) is 13.5. The van der Waals surface area contributed by atoms with Crippen LogP contribution in [-0.2, 0) is 4.79 Å². The van der Waals surface area contributed by atoms with Crippen molar-refractivity contribution in [1.29, 1.82) is 0 Å². The van der Waals surface area contributed by atoms with Crippen molar-refractivity contribution in [2.75, 3.05) is 33.7 Å². The maximum atomic E-state index is 12.8. The molecule has 2 amide bonds. The van der Waals surface area contributed by atoms with Gasteiger partial charge in [0.15, 0.2) is 0 Å². The third kappa shape index (κ3) is 2.61. The highest BCUT2D eigenvalue weighted by Crippen LogP contribution is 2.34. The van der Waals surface area contributed by atoms with Crippen LogP contribution in [0.25, 0.3) is 0 Å². The summed E-state index contributed by atoms with van der Waals surface area (Å²) in [5.74, 6) is -0.459. The number of amides is 2. The topological polar surface area (TPSA) is 64.1 Å². The maximum absolute atomic E-state index is 12.8. The second-order valence-corrected chi connectivity index (χ2v) is 6.64. The minimum atomic E-state index is -1.00. The highest BCUT2D eigenvalue weighted by molar-refractivity contribution is 5.87. The van der Waals surface area contributed by atoms with Crippen LogP contribution in [0.15, 0.2) is 0 Å². The second kappa shape index (κ2) is 5.83. The Hall–Kier alpha value is -1.30.